The normalized spacial score (nSPS) is 18.3. The first kappa shape index (κ1) is 24.9. The molecule has 0 heterocycles. The van der Waals surface area contributed by atoms with Crippen LogP contribution in [0.5, 0.6) is 0 Å². The van der Waals surface area contributed by atoms with E-state index >= 15 is 0 Å². The first-order valence-electron chi connectivity index (χ1n) is 9.78. The first-order chi connectivity index (χ1) is 16.0. The Kier molecular flexibility index (Phi) is 6.91. The molecule has 3 aromatic carbocycles. The second-order valence-electron chi connectivity index (χ2n) is 7.67. The van der Waals surface area contributed by atoms with Crippen LogP contribution in [0.4, 0.5) is 21.5 Å². The maximum absolute atomic E-state index is 13.3. The largest absolute Gasteiger partial charge is 0.397 e. The van der Waals surface area contributed by atoms with Crippen LogP contribution in [0.25, 0.3) is 0 Å². The molecule has 3 aromatic rings. The summed E-state index contributed by atoms with van der Waals surface area (Å²) in [7, 11) is 0. The summed E-state index contributed by atoms with van der Waals surface area (Å²) in [4.78, 5) is 25.7. The van der Waals surface area contributed by atoms with Crippen LogP contribution in [-0.4, -0.2) is 16.1 Å². The molecule has 0 radical (unpaired) electrons. The molecule has 1 fully saturated rings. The minimum atomic E-state index is -1.34. The quantitative estimate of drug-likeness (QED) is 0.229. The number of rotatable bonds is 5. The zero-order chi connectivity index (χ0) is 24.8. The Morgan fingerprint density at radius 3 is 2.26 bits per heavy atom. The zero-order valence-corrected chi connectivity index (χ0v) is 20.8. The Morgan fingerprint density at radius 2 is 1.59 bits per heavy atom. The van der Waals surface area contributed by atoms with E-state index in [-0.39, 0.29) is 22.0 Å². The van der Waals surface area contributed by atoms with E-state index < -0.39 is 33.8 Å². The molecule has 4 rings (SSSR count). The van der Waals surface area contributed by atoms with Gasteiger partial charge in [-0.1, -0.05) is 40.9 Å². The molecule has 1 aliphatic carbocycles. The molecule has 0 spiro atoms. The van der Waals surface area contributed by atoms with Crippen LogP contribution < -0.4 is 16.4 Å². The van der Waals surface area contributed by atoms with Gasteiger partial charge in [-0.25, -0.2) is 4.39 Å². The van der Waals surface area contributed by atoms with Crippen LogP contribution in [-0.2, 0) is 4.79 Å². The van der Waals surface area contributed by atoms with Gasteiger partial charge in [0.1, 0.15) is 10.2 Å². The van der Waals surface area contributed by atoms with E-state index in [1.54, 1.807) is 18.2 Å². The number of carbonyl (C=O) groups excluding carboxylic acids is 2. The number of anilines is 3. The van der Waals surface area contributed by atoms with Crippen molar-refractivity contribution in [1.29, 1.82) is 0 Å². The average Bonchev–Trinajstić information content (AvgIpc) is 3.35. The Hall–Kier alpha value is -2.22. The number of nitrogen functional groups attached to an aromatic ring is 1. The van der Waals surface area contributed by atoms with Crippen molar-refractivity contribution in [2.24, 2.45) is 5.92 Å². The molecule has 0 bridgehead atoms. The van der Waals surface area contributed by atoms with Gasteiger partial charge in [0.25, 0.3) is 5.91 Å². The molecule has 11 heteroatoms. The maximum Gasteiger partial charge on any atom is 0.257 e. The van der Waals surface area contributed by atoms with Crippen molar-refractivity contribution < 1.29 is 14.0 Å². The Balaban J connectivity index is 1.51. The molecule has 1 saturated carbocycles. The summed E-state index contributed by atoms with van der Waals surface area (Å²) in [5.74, 6) is -2.84. The Bertz CT molecular complexity index is 1320. The van der Waals surface area contributed by atoms with Gasteiger partial charge in [0.15, 0.2) is 0 Å². The highest BCUT2D eigenvalue weighted by Crippen LogP contribution is 2.65. The van der Waals surface area contributed by atoms with Crippen molar-refractivity contribution in [3.05, 3.63) is 86.6 Å². The lowest BCUT2D eigenvalue weighted by Crippen LogP contribution is -2.18. The molecule has 1 aliphatic rings. The lowest BCUT2D eigenvalue weighted by atomic mass is 10.1. The van der Waals surface area contributed by atoms with E-state index in [1.165, 1.54) is 24.3 Å². The van der Waals surface area contributed by atoms with Gasteiger partial charge >= 0.3 is 0 Å². The molecule has 5 nitrogen and oxygen atoms in total. The van der Waals surface area contributed by atoms with Gasteiger partial charge in [0, 0.05) is 11.6 Å². The first-order valence-corrected chi connectivity index (χ1v) is 11.7. The fourth-order valence-corrected chi connectivity index (χ4v) is 4.95. The molecular weight excluding hydrogens is 547 g/mol. The fourth-order valence-electron chi connectivity index (χ4n) is 3.61. The van der Waals surface area contributed by atoms with Crippen LogP contribution in [0.1, 0.15) is 21.8 Å². The van der Waals surface area contributed by atoms with Gasteiger partial charge in [-0.15, -0.1) is 23.2 Å². The van der Waals surface area contributed by atoms with Gasteiger partial charge in [-0.3, -0.25) is 9.59 Å². The molecule has 34 heavy (non-hydrogen) atoms. The van der Waals surface area contributed by atoms with E-state index in [1.807, 2.05) is 0 Å². The fraction of sp³-hybridized carbons (Fsp3) is 0.130. The molecule has 2 unspecified atom stereocenters. The molecule has 4 N–H and O–H groups in total. The number of nitrogens with one attached hydrogen (secondary N) is 2. The summed E-state index contributed by atoms with van der Waals surface area (Å²) in [6.45, 7) is 0. The smallest absolute Gasteiger partial charge is 0.257 e. The number of hydrogen-bond donors (Lipinski definition) is 3. The predicted molar refractivity (Wildman–Crippen MR) is 136 cm³/mol. The van der Waals surface area contributed by atoms with Gasteiger partial charge < -0.3 is 16.4 Å². The maximum atomic E-state index is 13.3. The van der Waals surface area contributed by atoms with Crippen molar-refractivity contribution >= 4 is 86.9 Å². The molecule has 0 aromatic heterocycles. The van der Waals surface area contributed by atoms with Crippen molar-refractivity contribution in [3.63, 3.8) is 0 Å². The molecule has 0 aliphatic heterocycles. The van der Waals surface area contributed by atoms with E-state index in [0.717, 1.165) is 12.1 Å². The Morgan fingerprint density at radius 1 is 0.882 bits per heavy atom. The number of alkyl halides is 2. The van der Waals surface area contributed by atoms with Crippen LogP contribution in [0.15, 0.2) is 54.6 Å². The third-order valence-electron chi connectivity index (χ3n) is 5.38. The van der Waals surface area contributed by atoms with Crippen LogP contribution in [0.2, 0.25) is 15.1 Å². The highest BCUT2D eigenvalue weighted by Gasteiger charge is 2.67. The van der Waals surface area contributed by atoms with Crippen LogP contribution >= 0.6 is 58.0 Å². The zero-order valence-electron chi connectivity index (χ0n) is 17.0. The van der Waals surface area contributed by atoms with Gasteiger partial charge in [-0.2, -0.15) is 0 Å². The number of amides is 2. The molecule has 0 saturated heterocycles. The number of carbonyl (C=O) groups is 2. The third kappa shape index (κ3) is 4.92. The van der Waals surface area contributed by atoms with E-state index in [0.29, 0.717) is 21.3 Å². The number of benzene rings is 3. The Labute approximate surface area is 219 Å². The molecular formula is C23H15Cl5FN3O2. The highest BCUT2D eigenvalue weighted by molar-refractivity contribution is 6.53. The van der Waals surface area contributed by atoms with Crippen molar-refractivity contribution in [1.82, 2.24) is 0 Å². The number of hydrogen-bond acceptors (Lipinski definition) is 3. The average molecular weight is 562 g/mol. The summed E-state index contributed by atoms with van der Waals surface area (Å²) < 4.78 is 11.9. The topological polar surface area (TPSA) is 84.2 Å². The SMILES string of the molecule is Nc1cc(F)ccc1NC(=O)c1cc(NC(=O)C2C(c3ccc(Cl)c(Cl)c3)C2(Cl)Cl)ccc1Cl. The second kappa shape index (κ2) is 9.44. The molecule has 2 atom stereocenters. The van der Waals surface area contributed by atoms with Gasteiger partial charge in [0.2, 0.25) is 5.91 Å². The highest BCUT2D eigenvalue weighted by atomic mass is 35.5. The van der Waals surface area contributed by atoms with Crippen LogP contribution in [0, 0.1) is 11.7 Å². The summed E-state index contributed by atoms with van der Waals surface area (Å²) in [5, 5.41) is 6.11. The number of nitrogens with two attached hydrogens (primary N) is 1. The molecule has 176 valence electrons. The summed E-state index contributed by atoms with van der Waals surface area (Å²) in [6, 6.07) is 12.9. The van der Waals surface area contributed by atoms with Crippen molar-refractivity contribution in [2.45, 2.75) is 10.3 Å². The minimum Gasteiger partial charge on any atom is -0.397 e. The van der Waals surface area contributed by atoms with Gasteiger partial charge in [0.05, 0.1) is 37.9 Å². The summed E-state index contributed by atoms with van der Waals surface area (Å²) in [5.41, 5.74) is 7.06. The summed E-state index contributed by atoms with van der Waals surface area (Å²) in [6.07, 6.45) is 0. The minimum absolute atomic E-state index is 0.0524. The van der Waals surface area contributed by atoms with Crippen LogP contribution in [0.3, 0.4) is 0 Å². The third-order valence-corrected chi connectivity index (χ3v) is 7.39. The second-order valence-corrected chi connectivity index (χ2v) is 10.3. The van der Waals surface area contributed by atoms with Gasteiger partial charge in [-0.05, 0) is 54.1 Å². The van der Waals surface area contributed by atoms with Crippen molar-refractivity contribution in [3.8, 4) is 0 Å². The monoisotopic (exact) mass is 559 g/mol. The lowest BCUT2D eigenvalue weighted by Gasteiger charge is -2.11. The standard InChI is InChI=1S/C23H15Cl5FN3O2/c24-14-5-3-12(9-13(14)21(33)32-18-6-2-11(29)8-17(18)30)31-22(34)20-19(23(20,27)28)10-1-4-15(25)16(26)7-10/h1-9,19-20H,30H2,(H,31,34)(H,32,33). The van der Waals surface area contributed by atoms with E-state index in [2.05, 4.69) is 10.6 Å². The van der Waals surface area contributed by atoms with E-state index in [9.17, 15) is 14.0 Å². The van der Waals surface area contributed by atoms with E-state index in [4.69, 9.17) is 63.7 Å². The van der Waals surface area contributed by atoms with Crippen molar-refractivity contribution in [2.75, 3.05) is 16.4 Å². The molecule has 2 amide bonds. The predicted octanol–water partition coefficient (Wildman–Crippen LogP) is 7.15. The lowest BCUT2D eigenvalue weighted by molar-refractivity contribution is -0.117. The number of halogens is 6. The summed E-state index contributed by atoms with van der Waals surface area (Å²) >= 11 is 31.0.